The molecule has 3 heteroatoms. The van der Waals surface area contributed by atoms with Gasteiger partial charge in [0.2, 0.25) is 0 Å². The maximum atomic E-state index is 5.84. The number of hydrogen-bond acceptors (Lipinski definition) is 3. The standard InChI is InChI=1S/C10H20N2S/c1-8-5-12(6-9(2)13-8)10(7-11)3-4-10/h8-9H,3-7,11H2,1-2H3. The highest BCUT2D eigenvalue weighted by molar-refractivity contribution is 8.00. The Balaban J connectivity index is 1.99. The molecule has 2 unspecified atom stereocenters. The second-order valence-corrected chi connectivity index (χ2v) is 6.47. The summed E-state index contributed by atoms with van der Waals surface area (Å²) < 4.78 is 0. The van der Waals surface area contributed by atoms with Crippen LogP contribution >= 0.6 is 11.8 Å². The van der Waals surface area contributed by atoms with Crippen molar-refractivity contribution < 1.29 is 0 Å². The van der Waals surface area contributed by atoms with Gasteiger partial charge in [-0.2, -0.15) is 11.8 Å². The van der Waals surface area contributed by atoms with E-state index >= 15 is 0 Å². The first-order chi connectivity index (χ1) is 6.16. The first-order valence-electron chi connectivity index (χ1n) is 5.27. The van der Waals surface area contributed by atoms with Crippen LogP contribution in [-0.2, 0) is 0 Å². The number of nitrogens with zero attached hydrogens (tertiary/aromatic N) is 1. The first kappa shape index (κ1) is 9.81. The third-order valence-electron chi connectivity index (χ3n) is 3.30. The highest BCUT2D eigenvalue weighted by Gasteiger charge is 2.48. The second kappa shape index (κ2) is 3.44. The molecule has 1 saturated carbocycles. The zero-order valence-electron chi connectivity index (χ0n) is 8.62. The average molecular weight is 200 g/mol. The normalized spacial score (nSPS) is 39.0. The van der Waals surface area contributed by atoms with Crippen molar-refractivity contribution >= 4 is 11.8 Å². The molecule has 0 spiro atoms. The minimum absolute atomic E-state index is 0.420. The summed E-state index contributed by atoms with van der Waals surface area (Å²) in [4.78, 5) is 2.64. The number of hydrogen-bond donors (Lipinski definition) is 1. The van der Waals surface area contributed by atoms with Crippen LogP contribution in [0.3, 0.4) is 0 Å². The molecule has 0 bridgehead atoms. The van der Waals surface area contributed by atoms with Crippen molar-refractivity contribution in [2.45, 2.75) is 42.7 Å². The molecule has 2 rings (SSSR count). The summed E-state index contributed by atoms with van der Waals surface area (Å²) in [5.74, 6) is 0. The topological polar surface area (TPSA) is 29.3 Å². The van der Waals surface area contributed by atoms with E-state index in [9.17, 15) is 0 Å². The van der Waals surface area contributed by atoms with Crippen LogP contribution in [0.1, 0.15) is 26.7 Å². The molecule has 0 aromatic heterocycles. The van der Waals surface area contributed by atoms with Crippen LogP contribution in [-0.4, -0.2) is 40.6 Å². The number of nitrogens with two attached hydrogens (primary N) is 1. The fraction of sp³-hybridized carbons (Fsp3) is 1.00. The van der Waals surface area contributed by atoms with Crippen molar-refractivity contribution in [2.24, 2.45) is 5.73 Å². The van der Waals surface area contributed by atoms with Gasteiger partial charge in [-0.3, -0.25) is 4.90 Å². The Bertz CT molecular complexity index is 181. The summed E-state index contributed by atoms with van der Waals surface area (Å²) in [6.07, 6.45) is 2.65. The monoisotopic (exact) mass is 200 g/mol. The van der Waals surface area contributed by atoms with Crippen molar-refractivity contribution in [2.75, 3.05) is 19.6 Å². The van der Waals surface area contributed by atoms with Gasteiger partial charge in [0.15, 0.2) is 0 Å². The third kappa shape index (κ3) is 1.88. The summed E-state index contributed by atoms with van der Waals surface area (Å²) in [6.45, 7) is 8.01. The third-order valence-corrected chi connectivity index (χ3v) is 4.52. The van der Waals surface area contributed by atoms with E-state index < -0.39 is 0 Å². The lowest BCUT2D eigenvalue weighted by Crippen LogP contribution is -2.50. The van der Waals surface area contributed by atoms with Gasteiger partial charge in [-0.1, -0.05) is 13.8 Å². The second-order valence-electron chi connectivity index (χ2n) is 4.59. The maximum Gasteiger partial charge on any atom is 0.0334 e. The Morgan fingerprint density at radius 3 is 2.23 bits per heavy atom. The minimum Gasteiger partial charge on any atom is -0.329 e. The Morgan fingerprint density at radius 1 is 1.31 bits per heavy atom. The average Bonchev–Trinajstić information content (AvgIpc) is 2.82. The summed E-state index contributed by atoms with van der Waals surface area (Å²) in [7, 11) is 0. The molecule has 1 aliphatic heterocycles. The van der Waals surface area contributed by atoms with Crippen molar-refractivity contribution in [3.05, 3.63) is 0 Å². The van der Waals surface area contributed by atoms with Gasteiger partial charge in [-0.25, -0.2) is 0 Å². The molecule has 1 saturated heterocycles. The number of thioether (sulfide) groups is 1. The summed E-state index contributed by atoms with van der Waals surface area (Å²) in [5.41, 5.74) is 6.26. The zero-order valence-corrected chi connectivity index (χ0v) is 9.44. The molecular formula is C10H20N2S. The van der Waals surface area contributed by atoms with Crippen molar-refractivity contribution in [3.8, 4) is 0 Å². The van der Waals surface area contributed by atoms with E-state index in [4.69, 9.17) is 5.73 Å². The first-order valence-corrected chi connectivity index (χ1v) is 6.21. The molecule has 1 aliphatic carbocycles. The van der Waals surface area contributed by atoms with Crippen LogP contribution < -0.4 is 5.73 Å². The summed E-state index contributed by atoms with van der Waals surface area (Å²) in [6, 6.07) is 0. The van der Waals surface area contributed by atoms with Crippen molar-refractivity contribution in [3.63, 3.8) is 0 Å². The van der Waals surface area contributed by atoms with Crippen molar-refractivity contribution in [1.82, 2.24) is 4.90 Å². The molecule has 2 fully saturated rings. The van der Waals surface area contributed by atoms with E-state index in [0.29, 0.717) is 5.54 Å². The SMILES string of the molecule is CC1CN(C2(CN)CC2)CC(C)S1. The van der Waals surface area contributed by atoms with Gasteiger partial charge in [0.05, 0.1) is 0 Å². The molecule has 76 valence electrons. The molecule has 2 atom stereocenters. The predicted molar refractivity (Wildman–Crippen MR) is 59.1 cm³/mol. The molecule has 0 amide bonds. The van der Waals surface area contributed by atoms with E-state index in [1.54, 1.807) is 0 Å². The van der Waals surface area contributed by atoms with Crippen molar-refractivity contribution in [1.29, 1.82) is 0 Å². The molecule has 2 N–H and O–H groups in total. The molecule has 2 nitrogen and oxygen atoms in total. The van der Waals surface area contributed by atoms with Gasteiger partial charge in [0, 0.05) is 35.7 Å². The lowest BCUT2D eigenvalue weighted by atomic mass is 10.2. The highest BCUT2D eigenvalue weighted by atomic mass is 32.2. The van der Waals surface area contributed by atoms with Gasteiger partial charge in [-0.15, -0.1) is 0 Å². The predicted octanol–water partition coefficient (Wildman–Crippen LogP) is 1.30. The fourth-order valence-electron chi connectivity index (χ4n) is 2.36. The van der Waals surface area contributed by atoms with Crippen LogP contribution in [0, 0.1) is 0 Å². The Labute approximate surface area is 85.2 Å². The quantitative estimate of drug-likeness (QED) is 0.728. The van der Waals surface area contributed by atoms with Crippen LogP contribution in [0.25, 0.3) is 0 Å². The van der Waals surface area contributed by atoms with E-state index in [-0.39, 0.29) is 0 Å². The molecule has 1 heterocycles. The van der Waals surface area contributed by atoms with E-state index in [1.165, 1.54) is 25.9 Å². The van der Waals surface area contributed by atoms with E-state index in [0.717, 1.165) is 17.0 Å². The fourth-order valence-corrected chi connectivity index (χ4v) is 3.68. The van der Waals surface area contributed by atoms with Gasteiger partial charge in [0.25, 0.3) is 0 Å². The molecule has 0 aromatic carbocycles. The Hall–Kier alpha value is 0.270. The molecule has 2 aliphatic rings. The Morgan fingerprint density at radius 2 is 1.85 bits per heavy atom. The van der Waals surface area contributed by atoms with E-state index in [2.05, 4.69) is 30.5 Å². The molecule has 13 heavy (non-hydrogen) atoms. The largest absolute Gasteiger partial charge is 0.329 e. The molecule has 0 radical (unpaired) electrons. The summed E-state index contributed by atoms with van der Waals surface area (Å²) >= 11 is 2.12. The van der Waals surface area contributed by atoms with Crippen LogP contribution in [0.4, 0.5) is 0 Å². The van der Waals surface area contributed by atoms with Crippen LogP contribution in [0.2, 0.25) is 0 Å². The zero-order chi connectivity index (χ0) is 9.47. The van der Waals surface area contributed by atoms with Gasteiger partial charge < -0.3 is 5.73 Å². The van der Waals surface area contributed by atoms with Gasteiger partial charge >= 0.3 is 0 Å². The molecule has 0 aromatic rings. The maximum absolute atomic E-state index is 5.84. The smallest absolute Gasteiger partial charge is 0.0334 e. The minimum atomic E-state index is 0.420. The van der Waals surface area contributed by atoms with Crippen LogP contribution in [0.15, 0.2) is 0 Å². The van der Waals surface area contributed by atoms with Crippen LogP contribution in [0.5, 0.6) is 0 Å². The lowest BCUT2D eigenvalue weighted by Gasteiger charge is -2.39. The van der Waals surface area contributed by atoms with Gasteiger partial charge in [-0.05, 0) is 12.8 Å². The van der Waals surface area contributed by atoms with E-state index in [1.807, 2.05) is 0 Å². The number of rotatable bonds is 2. The highest BCUT2D eigenvalue weighted by Crippen LogP contribution is 2.43. The Kier molecular flexibility index (Phi) is 2.60. The summed E-state index contributed by atoms with van der Waals surface area (Å²) in [5, 5.41) is 1.57. The lowest BCUT2D eigenvalue weighted by molar-refractivity contribution is 0.179. The van der Waals surface area contributed by atoms with Gasteiger partial charge in [0.1, 0.15) is 0 Å². The molecular weight excluding hydrogens is 180 g/mol.